The molecule has 1 saturated heterocycles. The third kappa shape index (κ3) is 3.22. The Morgan fingerprint density at radius 3 is 2.55 bits per heavy atom. The molecule has 0 aromatic heterocycles. The van der Waals surface area contributed by atoms with Crippen molar-refractivity contribution in [2.75, 3.05) is 26.7 Å². The summed E-state index contributed by atoms with van der Waals surface area (Å²) in [7, 11) is 1.94. The monoisotopic (exact) mass is 276 g/mol. The highest BCUT2D eigenvalue weighted by Gasteiger charge is 2.35. The van der Waals surface area contributed by atoms with Crippen molar-refractivity contribution >= 4 is 0 Å². The maximum Gasteiger partial charge on any atom is 0.0795 e. The van der Waals surface area contributed by atoms with Crippen LogP contribution in [0.5, 0.6) is 0 Å². The molecule has 20 heavy (non-hydrogen) atoms. The lowest BCUT2D eigenvalue weighted by Crippen LogP contribution is -2.55. The number of hydrogen-bond donors (Lipinski definition) is 2. The molecule has 3 atom stereocenters. The first-order valence-corrected chi connectivity index (χ1v) is 7.70. The van der Waals surface area contributed by atoms with Gasteiger partial charge in [-0.1, -0.05) is 37.3 Å². The van der Waals surface area contributed by atoms with Gasteiger partial charge in [-0.15, -0.1) is 0 Å². The van der Waals surface area contributed by atoms with Crippen molar-refractivity contribution < 1.29 is 5.11 Å². The first-order valence-electron chi connectivity index (χ1n) is 7.70. The highest BCUT2D eigenvalue weighted by Crippen LogP contribution is 2.27. The van der Waals surface area contributed by atoms with Gasteiger partial charge in [0.1, 0.15) is 0 Å². The molecule has 1 aromatic carbocycles. The molecule has 3 heteroatoms. The van der Waals surface area contributed by atoms with Crippen LogP contribution in [0.4, 0.5) is 0 Å². The summed E-state index contributed by atoms with van der Waals surface area (Å²) >= 11 is 0. The molecule has 0 amide bonds. The number of aliphatic hydroxyl groups excluding tert-OH is 1. The van der Waals surface area contributed by atoms with Crippen LogP contribution in [0.2, 0.25) is 0 Å². The lowest BCUT2D eigenvalue weighted by molar-refractivity contribution is 0.0611. The molecule has 3 unspecified atom stereocenters. The summed E-state index contributed by atoms with van der Waals surface area (Å²) in [6, 6.07) is 10.9. The Hall–Kier alpha value is -0.900. The van der Waals surface area contributed by atoms with Crippen molar-refractivity contribution in [2.45, 2.75) is 38.3 Å². The molecule has 1 aliphatic rings. The Kier molecular flexibility index (Phi) is 5.19. The van der Waals surface area contributed by atoms with Gasteiger partial charge in [0.25, 0.3) is 0 Å². The Bertz CT molecular complexity index is 403. The average Bonchev–Trinajstić information content (AvgIpc) is 2.48. The van der Waals surface area contributed by atoms with E-state index in [0.29, 0.717) is 6.04 Å². The number of piperidine rings is 1. The van der Waals surface area contributed by atoms with E-state index in [9.17, 15) is 5.11 Å². The predicted octanol–water partition coefficient (Wildman–Crippen LogP) is 2.21. The van der Waals surface area contributed by atoms with E-state index >= 15 is 0 Å². The number of benzene rings is 1. The van der Waals surface area contributed by atoms with Crippen molar-refractivity contribution in [2.24, 2.45) is 5.92 Å². The molecule has 1 fully saturated rings. The van der Waals surface area contributed by atoms with Crippen LogP contribution >= 0.6 is 0 Å². The maximum absolute atomic E-state index is 10.0. The van der Waals surface area contributed by atoms with Gasteiger partial charge in [-0.3, -0.25) is 4.90 Å². The summed E-state index contributed by atoms with van der Waals surface area (Å²) in [5, 5.41) is 13.4. The number of likely N-dealkylation sites (N-methyl/N-ethyl adjacent to an activating group) is 1. The van der Waals surface area contributed by atoms with E-state index in [0.717, 1.165) is 24.6 Å². The minimum Gasteiger partial charge on any atom is -0.394 e. The number of likely N-dealkylation sites (tertiary alicyclic amines) is 1. The summed E-state index contributed by atoms with van der Waals surface area (Å²) in [5.41, 5.74) is 0.798. The van der Waals surface area contributed by atoms with Crippen LogP contribution in [0.15, 0.2) is 30.3 Å². The zero-order valence-electron chi connectivity index (χ0n) is 13.0. The van der Waals surface area contributed by atoms with E-state index in [1.807, 2.05) is 25.2 Å². The van der Waals surface area contributed by atoms with Crippen molar-refractivity contribution in [3.8, 4) is 0 Å². The van der Waals surface area contributed by atoms with Crippen molar-refractivity contribution in [3.63, 3.8) is 0 Å². The first-order chi connectivity index (χ1) is 9.61. The largest absolute Gasteiger partial charge is 0.394 e. The Morgan fingerprint density at radius 2 is 2.00 bits per heavy atom. The van der Waals surface area contributed by atoms with Crippen LogP contribution in [0.3, 0.4) is 0 Å². The van der Waals surface area contributed by atoms with Crippen molar-refractivity contribution in [3.05, 3.63) is 35.9 Å². The number of nitrogens with one attached hydrogen (secondary N) is 1. The van der Waals surface area contributed by atoms with Crippen LogP contribution in [0, 0.1) is 5.92 Å². The molecule has 0 aliphatic carbocycles. The molecule has 1 heterocycles. The minimum absolute atomic E-state index is 0.117. The molecule has 2 N–H and O–H groups in total. The second-order valence-electron chi connectivity index (χ2n) is 6.31. The quantitative estimate of drug-likeness (QED) is 0.865. The van der Waals surface area contributed by atoms with E-state index in [-0.39, 0.29) is 12.1 Å². The summed E-state index contributed by atoms with van der Waals surface area (Å²) in [5.74, 6) is 0.816. The lowest BCUT2D eigenvalue weighted by Gasteiger charge is -2.43. The molecular formula is C17H28N2O. The van der Waals surface area contributed by atoms with Gasteiger partial charge in [0.05, 0.1) is 12.1 Å². The average molecular weight is 276 g/mol. The molecule has 1 aromatic rings. The highest BCUT2D eigenvalue weighted by molar-refractivity contribution is 5.25. The smallest absolute Gasteiger partial charge is 0.0795 e. The van der Waals surface area contributed by atoms with Gasteiger partial charge in [-0.05, 0) is 44.8 Å². The van der Waals surface area contributed by atoms with E-state index in [2.05, 4.69) is 36.2 Å². The van der Waals surface area contributed by atoms with Crippen LogP contribution in [0.25, 0.3) is 0 Å². The third-order valence-electron chi connectivity index (χ3n) is 4.82. The molecule has 2 rings (SSSR count). The van der Waals surface area contributed by atoms with Gasteiger partial charge in [-0.2, -0.15) is 0 Å². The SMILES string of the molecule is CNC(CO)(CN1CCC(C)CC1C)c1ccccc1. The standard InChI is InChI=1S/C17H28N2O/c1-14-9-10-19(15(2)11-14)12-17(13-20,18-3)16-7-5-4-6-8-16/h4-8,14-15,18,20H,9-13H2,1-3H3. The molecule has 0 spiro atoms. The molecule has 112 valence electrons. The lowest BCUT2D eigenvalue weighted by atomic mass is 9.87. The van der Waals surface area contributed by atoms with Gasteiger partial charge in [0.2, 0.25) is 0 Å². The zero-order chi connectivity index (χ0) is 14.6. The molecule has 0 saturated carbocycles. The van der Waals surface area contributed by atoms with E-state index in [1.165, 1.54) is 12.8 Å². The van der Waals surface area contributed by atoms with E-state index in [1.54, 1.807) is 0 Å². The third-order valence-corrected chi connectivity index (χ3v) is 4.82. The fourth-order valence-corrected chi connectivity index (χ4v) is 3.33. The molecule has 0 bridgehead atoms. The fraction of sp³-hybridized carbons (Fsp3) is 0.647. The molecule has 0 radical (unpaired) electrons. The summed E-state index contributed by atoms with van der Waals surface area (Å²) < 4.78 is 0. The highest BCUT2D eigenvalue weighted by atomic mass is 16.3. The van der Waals surface area contributed by atoms with Crippen LogP contribution < -0.4 is 5.32 Å². The van der Waals surface area contributed by atoms with Gasteiger partial charge >= 0.3 is 0 Å². The minimum atomic E-state index is -0.365. The maximum atomic E-state index is 10.0. The summed E-state index contributed by atoms with van der Waals surface area (Å²) in [6.45, 7) is 6.74. The summed E-state index contributed by atoms with van der Waals surface area (Å²) in [6.07, 6.45) is 2.50. The van der Waals surface area contributed by atoms with Gasteiger partial charge in [0.15, 0.2) is 0 Å². The topological polar surface area (TPSA) is 35.5 Å². The number of aliphatic hydroxyl groups is 1. The molecule has 1 aliphatic heterocycles. The number of rotatable bonds is 5. The number of nitrogens with zero attached hydrogens (tertiary/aromatic N) is 1. The molecule has 3 nitrogen and oxygen atoms in total. The second-order valence-corrected chi connectivity index (χ2v) is 6.31. The predicted molar refractivity (Wildman–Crippen MR) is 83.7 cm³/mol. The van der Waals surface area contributed by atoms with Crippen molar-refractivity contribution in [1.82, 2.24) is 10.2 Å². The van der Waals surface area contributed by atoms with Gasteiger partial charge in [-0.25, -0.2) is 0 Å². The second kappa shape index (κ2) is 6.70. The van der Waals surface area contributed by atoms with Crippen LogP contribution in [0.1, 0.15) is 32.3 Å². The Balaban J connectivity index is 2.17. The first kappa shape index (κ1) is 15.5. The van der Waals surface area contributed by atoms with Crippen LogP contribution in [-0.4, -0.2) is 42.8 Å². The van der Waals surface area contributed by atoms with Gasteiger partial charge in [0, 0.05) is 12.6 Å². The van der Waals surface area contributed by atoms with E-state index in [4.69, 9.17) is 0 Å². The molecular weight excluding hydrogens is 248 g/mol. The van der Waals surface area contributed by atoms with Gasteiger partial charge < -0.3 is 10.4 Å². The Labute approximate surface area is 123 Å². The Morgan fingerprint density at radius 1 is 1.30 bits per heavy atom. The van der Waals surface area contributed by atoms with E-state index < -0.39 is 0 Å². The summed E-state index contributed by atoms with van der Waals surface area (Å²) in [4.78, 5) is 2.51. The zero-order valence-corrected chi connectivity index (χ0v) is 13.0. The normalized spacial score (nSPS) is 27.2. The number of hydrogen-bond acceptors (Lipinski definition) is 3. The van der Waals surface area contributed by atoms with Crippen LogP contribution in [-0.2, 0) is 5.54 Å². The fourth-order valence-electron chi connectivity index (χ4n) is 3.33. The van der Waals surface area contributed by atoms with Crippen molar-refractivity contribution in [1.29, 1.82) is 0 Å².